The zero-order valence-electron chi connectivity index (χ0n) is 15.8. The number of pyridine rings is 2. The first-order valence-corrected chi connectivity index (χ1v) is 8.93. The Hall–Kier alpha value is -2.57. The summed E-state index contributed by atoms with van der Waals surface area (Å²) in [5.41, 5.74) is 0.970. The van der Waals surface area contributed by atoms with Crippen LogP contribution in [0.5, 0.6) is 0 Å². The van der Waals surface area contributed by atoms with Crippen LogP contribution in [-0.4, -0.2) is 52.7 Å². The van der Waals surface area contributed by atoms with Gasteiger partial charge in [-0.25, -0.2) is 9.78 Å². The third kappa shape index (κ3) is 4.15. The standard InChI is InChI=1S/C19H26N4O3/c1-19(2,3)26-18(25)23-9-7-14(8-10-23)22(4)15-11-13-5-6-16(24)21-17(13)20-12-15/h5-6,11-12,14H,7-10H2,1-4H3,(H,20,21,24). The third-order valence-electron chi connectivity index (χ3n) is 4.63. The number of likely N-dealkylation sites (tertiary alicyclic amines) is 1. The predicted molar refractivity (Wildman–Crippen MR) is 102 cm³/mol. The number of aromatic nitrogens is 2. The fourth-order valence-corrected chi connectivity index (χ4v) is 3.19. The molecular weight excluding hydrogens is 332 g/mol. The molecule has 0 spiro atoms. The van der Waals surface area contributed by atoms with Crippen LogP contribution in [-0.2, 0) is 4.74 Å². The smallest absolute Gasteiger partial charge is 0.410 e. The molecule has 140 valence electrons. The number of amides is 1. The lowest BCUT2D eigenvalue weighted by Gasteiger charge is -2.38. The number of hydrogen-bond donors (Lipinski definition) is 1. The van der Waals surface area contributed by atoms with Crippen LogP contribution in [0.25, 0.3) is 11.0 Å². The molecule has 1 aliphatic rings. The maximum atomic E-state index is 12.2. The van der Waals surface area contributed by atoms with Gasteiger partial charge in [-0.1, -0.05) is 0 Å². The summed E-state index contributed by atoms with van der Waals surface area (Å²) in [4.78, 5) is 34.6. The number of nitrogens with zero attached hydrogens (tertiary/aromatic N) is 3. The molecule has 2 aromatic heterocycles. The summed E-state index contributed by atoms with van der Waals surface area (Å²) < 4.78 is 5.45. The lowest BCUT2D eigenvalue weighted by atomic mass is 10.0. The van der Waals surface area contributed by atoms with Gasteiger partial charge in [-0.05, 0) is 45.7 Å². The van der Waals surface area contributed by atoms with E-state index < -0.39 is 5.60 Å². The highest BCUT2D eigenvalue weighted by Gasteiger charge is 2.28. The van der Waals surface area contributed by atoms with Gasteiger partial charge in [0.25, 0.3) is 0 Å². The van der Waals surface area contributed by atoms with E-state index in [0.29, 0.717) is 24.8 Å². The number of fused-ring (bicyclic) bond motifs is 1. The maximum Gasteiger partial charge on any atom is 0.410 e. The number of anilines is 1. The van der Waals surface area contributed by atoms with Crippen molar-refractivity contribution >= 4 is 22.8 Å². The van der Waals surface area contributed by atoms with E-state index in [4.69, 9.17) is 4.74 Å². The molecule has 0 atom stereocenters. The van der Waals surface area contributed by atoms with Gasteiger partial charge in [-0.3, -0.25) is 4.79 Å². The largest absolute Gasteiger partial charge is 0.444 e. The Morgan fingerprint density at radius 1 is 1.31 bits per heavy atom. The maximum absolute atomic E-state index is 12.2. The Kier molecular flexibility index (Phi) is 4.89. The average Bonchev–Trinajstić information content (AvgIpc) is 2.59. The summed E-state index contributed by atoms with van der Waals surface area (Å²) in [7, 11) is 2.04. The highest BCUT2D eigenvalue weighted by atomic mass is 16.6. The van der Waals surface area contributed by atoms with Crippen molar-refractivity contribution in [2.45, 2.75) is 45.3 Å². The van der Waals surface area contributed by atoms with Crippen molar-refractivity contribution in [3.63, 3.8) is 0 Å². The number of carbonyl (C=O) groups excluding carboxylic acids is 1. The van der Waals surface area contributed by atoms with Gasteiger partial charge in [0.05, 0.1) is 11.9 Å². The highest BCUT2D eigenvalue weighted by molar-refractivity contribution is 5.78. The first-order valence-electron chi connectivity index (χ1n) is 8.93. The van der Waals surface area contributed by atoms with E-state index in [2.05, 4.69) is 14.9 Å². The van der Waals surface area contributed by atoms with E-state index in [-0.39, 0.29) is 11.7 Å². The van der Waals surface area contributed by atoms with Crippen molar-refractivity contribution < 1.29 is 9.53 Å². The fraction of sp³-hybridized carbons (Fsp3) is 0.526. The number of carbonyl (C=O) groups is 1. The lowest BCUT2D eigenvalue weighted by Crippen LogP contribution is -2.47. The van der Waals surface area contributed by atoms with Crippen LogP contribution in [0.4, 0.5) is 10.5 Å². The second-order valence-corrected chi connectivity index (χ2v) is 7.76. The van der Waals surface area contributed by atoms with Crippen molar-refractivity contribution in [1.82, 2.24) is 14.9 Å². The Balaban J connectivity index is 1.65. The molecule has 3 rings (SSSR count). The Morgan fingerprint density at radius 3 is 2.65 bits per heavy atom. The zero-order valence-corrected chi connectivity index (χ0v) is 15.8. The molecule has 0 bridgehead atoms. The van der Waals surface area contributed by atoms with E-state index in [1.54, 1.807) is 17.2 Å². The summed E-state index contributed by atoms with van der Waals surface area (Å²) in [5, 5.41) is 0.903. The van der Waals surface area contributed by atoms with Crippen LogP contribution in [0.15, 0.2) is 29.2 Å². The minimum absolute atomic E-state index is 0.152. The molecule has 1 saturated heterocycles. The van der Waals surface area contributed by atoms with Gasteiger partial charge >= 0.3 is 6.09 Å². The zero-order chi connectivity index (χ0) is 18.9. The molecule has 7 nitrogen and oxygen atoms in total. The van der Waals surface area contributed by atoms with Crippen LogP contribution >= 0.6 is 0 Å². The van der Waals surface area contributed by atoms with E-state index in [1.807, 2.05) is 33.9 Å². The number of piperidine rings is 1. The fourth-order valence-electron chi connectivity index (χ4n) is 3.19. The topological polar surface area (TPSA) is 78.5 Å². The van der Waals surface area contributed by atoms with E-state index in [1.165, 1.54) is 6.07 Å². The number of aromatic amines is 1. The SMILES string of the molecule is CN(c1cnc2[nH]c(=O)ccc2c1)C1CCN(C(=O)OC(C)(C)C)CC1. The molecule has 2 aromatic rings. The lowest BCUT2D eigenvalue weighted by molar-refractivity contribution is 0.0205. The molecule has 1 amide bonds. The highest BCUT2D eigenvalue weighted by Crippen LogP contribution is 2.24. The van der Waals surface area contributed by atoms with Gasteiger partial charge in [0, 0.05) is 37.6 Å². The van der Waals surface area contributed by atoms with Gasteiger partial charge in [-0.15, -0.1) is 0 Å². The first kappa shape index (κ1) is 18.2. The molecule has 3 heterocycles. The summed E-state index contributed by atoms with van der Waals surface area (Å²) >= 11 is 0. The van der Waals surface area contributed by atoms with Crippen LogP contribution in [0, 0.1) is 0 Å². The second-order valence-electron chi connectivity index (χ2n) is 7.76. The van der Waals surface area contributed by atoms with E-state index >= 15 is 0 Å². The van der Waals surface area contributed by atoms with Crippen LogP contribution in [0.3, 0.4) is 0 Å². The first-order chi connectivity index (χ1) is 12.2. The van der Waals surface area contributed by atoms with Gasteiger partial charge in [0.2, 0.25) is 5.56 Å². The normalized spacial score (nSPS) is 15.9. The summed E-state index contributed by atoms with van der Waals surface area (Å²) in [6, 6.07) is 5.64. The molecule has 0 radical (unpaired) electrons. The number of rotatable bonds is 2. The van der Waals surface area contributed by atoms with Gasteiger partial charge in [0.1, 0.15) is 11.2 Å². The Labute approximate surface area is 153 Å². The Bertz CT molecular complexity index is 848. The molecule has 0 saturated carbocycles. The van der Waals surface area contributed by atoms with Gasteiger partial charge in [-0.2, -0.15) is 0 Å². The molecule has 26 heavy (non-hydrogen) atoms. The number of nitrogens with one attached hydrogen (secondary N) is 1. The Morgan fingerprint density at radius 2 is 2.00 bits per heavy atom. The van der Waals surface area contributed by atoms with Crippen molar-refractivity contribution in [3.05, 3.63) is 34.7 Å². The van der Waals surface area contributed by atoms with Crippen LogP contribution in [0.2, 0.25) is 0 Å². The molecule has 1 N–H and O–H groups in total. The van der Waals surface area contributed by atoms with E-state index in [0.717, 1.165) is 23.9 Å². The molecule has 0 aliphatic carbocycles. The number of H-pyrrole nitrogens is 1. The molecule has 1 fully saturated rings. The summed E-state index contributed by atoms with van der Waals surface area (Å²) in [5.74, 6) is 0. The van der Waals surface area contributed by atoms with Crippen molar-refractivity contribution in [3.8, 4) is 0 Å². The quantitative estimate of drug-likeness (QED) is 0.893. The van der Waals surface area contributed by atoms with Crippen LogP contribution < -0.4 is 10.5 Å². The third-order valence-corrected chi connectivity index (χ3v) is 4.63. The second kappa shape index (κ2) is 6.97. The van der Waals surface area contributed by atoms with Crippen molar-refractivity contribution in [1.29, 1.82) is 0 Å². The van der Waals surface area contributed by atoms with Crippen molar-refractivity contribution in [2.24, 2.45) is 0 Å². The van der Waals surface area contributed by atoms with Crippen LogP contribution in [0.1, 0.15) is 33.6 Å². The predicted octanol–water partition coefficient (Wildman–Crippen LogP) is 2.76. The number of ether oxygens (including phenoxy) is 1. The molecule has 1 aliphatic heterocycles. The monoisotopic (exact) mass is 358 g/mol. The minimum atomic E-state index is -0.470. The molecule has 7 heteroatoms. The molecule has 0 unspecified atom stereocenters. The molecule has 0 aromatic carbocycles. The summed E-state index contributed by atoms with van der Waals surface area (Å²) in [6.45, 7) is 7.00. The average molecular weight is 358 g/mol. The van der Waals surface area contributed by atoms with E-state index in [9.17, 15) is 9.59 Å². The number of hydrogen-bond acceptors (Lipinski definition) is 5. The van der Waals surface area contributed by atoms with Crippen molar-refractivity contribution in [2.75, 3.05) is 25.0 Å². The summed E-state index contributed by atoms with van der Waals surface area (Å²) in [6.07, 6.45) is 3.28. The van der Waals surface area contributed by atoms with Gasteiger partial charge in [0.15, 0.2) is 0 Å². The molecular formula is C19H26N4O3. The minimum Gasteiger partial charge on any atom is -0.444 e. The van der Waals surface area contributed by atoms with Gasteiger partial charge < -0.3 is 19.5 Å².